The van der Waals surface area contributed by atoms with E-state index in [0.717, 1.165) is 5.56 Å². The first-order valence-corrected chi connectivity index (χ1v) is 13.2. The molecular weight excluding hydrogens is 476 g/mol. The largest absolute Gasteiger partial charge is 0.337 e. The summed E-state index contributed by atoms with van der Waals surface area (Å²) in [6, 6.07) is 20.2. The summed E-state index contributed by atoms with van der Waals surface area (Å²) in [7, 11) is -7.47. The molecule has 0 bridgehead atoms. The van der Waals surface area contributed by atoms with Crippen LogP contribution in [0.5, 0.6) is 0 Å². The molecule has 1 heterocycles. The zero-order chi connectivity index (χ0) is 24.3. The van der Waals surface area contributed by atoms with Crippen molar-refractivity contribution in [3.05, 3.63) is 90.3 Å². The first-order chi connectivity index (χ1) is 16.1. The normalized spacial score (nSPS) is 12.9. The smallest absolute Gasteiger partial charge is 0.261 e. The van der Waals surface area contributed by atoms with E-state index in [4.69, 9.17) is 4.52 Å². The molecule has 3 aromatic carbocycles. The van der Waals surface area contributed by atoms with Crippen LogP contribution < -0.4 is 9.44 Å². The molecule has 0 aliphatic carbocycles. The van der Waals surface area contributed by atoms with E-state index < -0.39 is 26.1 Å². The van der Waals surface area contributed by atoms with Gasteiger partial charge >= 0.3 is 0 Å². The summed E-state index contributed by atoms with van der Waals surface area (Å²) in [4.78, 5) is 4.57. The van der Waals surface area contributed by atoms with E-state index in [1.807, 2.05) is 6.92 Å². The van der Waals surface area contributed by atoms with Crippen LogP contribution in [0.25, 0.3) is 11.4 Å². The molecule has 2 N–H and O–H groups in total. The molecule has 4 rings (SSSR count). The first-order valence-electron chi connectivity index (χ1n) is 10.2. The van der Waals surface area contributed by atoms with Gasteiger partial charge in [-0.15, -0.1) is 0 Å². The second-order valence-corrected chi connectivity index (χ2v) is 11.0. The fourth-order valence-electron chi connectivity index (χ4n) is 3.10. The van der Waals surface area contributed by atoms with E-state index in [9.17, 15) is 16.8 Å². The number of benzene rings is 3. The van der Waals surface area contributed by atoms with Gasteiger partial charge in [-0.1, -0.05) is 41.1 Å². The molecular formula is C23H22N4O5S2. The van der Waals surface area contributed by atoms with Crippen LogP contribution in [0.3, 0.4) is 0 Å². The summed E-state index contributed by atoms with van der Waals surface area (Å²) in [6.07, 6.45) is 0. The lowest BCUT2D eigenvalue weighted by molar-refractivity contribution is 0.354. The van der Waals surface area contributed by atoms with Crippen molar-refractivity contribution in [1.82, 2.24) is 14.9 Å². The number of nitrogens with one attached hydrogen (secondary N) is 2. The van der Waals surface area contributed by atoms with E-state index >= 15 is 0 Å². The van der Waals surface area contributed by atoms with E-state index in [1.54, 1.807) is 61.5 Å². The van der Waals surface area contributed by atoms with Crippen molar-refractivity contribution >= 4 is 25.7 Å². The van der Waals surface area contributed by atoms with Gasteiger partial charge in [-0.3, -0.25) is 4.72 Å². The molecule has 1 aromatic heterocycles. The summed E-state index contributed by atoms with van der Waals surface area (Å²) in [5.41, 5.74) is 1.90. The van der Waals surface area contributed by atoms with Gasteiger partial charge in [0.05, 0.1) is 15.8 Å². The molecule has 9 nitrogen and oxygen atoms in total. The van der Waals surface area contributed by atoms with Crippen LogP contribution in [0.4, 0.5) is 5.69 Å². The fourth-order valence-corrected chi connectivity index (χ4v) is 5.37. The summed E-state index contributed by atoms with van der Waals surface area (Å²) >= 11 is 0. The van der Waals surface area contributed by atoms with Crippen molar-refractivity contribution in [2.24, 2.45) is 0 Å². The van der Waals surface area contributed by atoms with Crippen molar-refractivity contribution in [2.75, 3.05) is 4.72 Å². The first kappa shape index (κ1) is 23.6. The number of hydrogen-bond acceptors (Lipinski definition) is 7. The second-order valence-electron chi connectivity index (χ2n) is 7.61. The average Bonchev–Trinajstić information content (AvgIpc) is 3.31. The molecule has 0 unspecified atom stereocenters. The predicted octanol–water partition coefficient (Wildman–Crippen LogP) is 3.89. The minimum absolute atomic E-state index is 0.0968. The maximum atomic E-state index is 12.6. The Labute approximate surface area is 198 Å². The Morgan fingerprint density at radius 1 is 0.794 bits per heavy atom. The van der Waals surface area contributed by atoms with Crippen LogP contribution in [-0.4, -0.2) is 27.0 Å². The Kier molecular flexibility index (Phi) is 6.51. The third-order valence-electron chi connectivity index (χ3n) is 4.92. The summed E-state index contributed by atoms with van der Waals surface area (Å²) in [6.45, 7) is 3.47. The lowest BCUT2D eigenvalue weighted by atomic mass is 10.2. The van der Waals surface area contributed by atoms with Gasteiger partial charge in [0.1, 0.15) is 0 Å². The highest BCUT2D eigenvalue weighted by Gasteiger charge is 2.23. The Morgan fingerprint density at radius 2 is 1.41 bits per heavy atom. The van der Waals surface area contributed by atoms with Gasteiger partial charge in [0.15, 0.2) is 0 Å². The Hall–Kier alpha value is -3.54. The monoisotopic (exact) mass is 498 g/mol. The molecule has 1 atom stereocenters. The molecule has 0 spiro atoms. The number of hydrogen-bond donors (Lipinski definition) is 2. The van der Waals surface area contributed by atoms with E-state index in [2.05, 4.69) is 19.6 Å². The van der Waals surface area contributed by atoms with Gasteiger partial charge in [0, 0.05) is 11.3 Å². The van der Waals surface area contributed by atoms with Gasteiger partial charge in [0.2, 0.25) is 21.7 Å². The van der Waals surface area contributed by atoms with Crippen molar-refractivity contribution < 1.29 is 21.4 Å². The average molecular weight is 499 g/mol. The molecule has 0 aliphatic rings. The number of aromatic nitrogens is 2. The third-order valence-corrected chi connectivity index (χ3v) is 7.88. The molecule has 0 saturated carbocycles. The van der Waals surface area contributed by atoms with Crippen molar-refractivity contribution in [3.8, 4) is 11.4 Å². The highest BCUT2D eigenvalue weighted by molar-refractivity contribution is 7.92. The van der Waals surface area contributed by atoms with Crippen LogP contribution in [0.2, 0.25) is 0 Å². The zero-order valence-corrected chi connectivity index (χ0v) is 20.0. The van der Waals surface area contributed by atoms with Crippen molar-refractivity contribution in [1.29, 1.82) is 0 Å². The van der Waals surface area contributed by atoms with Crippen LogP contribution >= 0.6 is 0 Å². The molecule has 34 heavy (non-hydrogen) atoms. The fraction of sp³-hybridized carbons (Fsp3) is 0.130. The van der Waals surface area contributed by atoms with Crippen LogP contribution in [0.1, 0.15) is 24.4 Å². The molecule has 4 aromatic rings. The van der Waals surface area contributed by atoms with E-state index in [0.29, 0.717) is 11.3 Å². The third kappa shape index (κ3) is 5.33. The summed E-state index contributed by atoms with van der Waals surface area (Å²) < 4.78 is 60.4. The van der Waals surface area contributed by atoms with Gasteiger partial charge < -0.3 is 4.52 Å². The van der Waals surface area contributed by atoms with Crippen molar-refractivity contribution in [3.63, 3.8) is 0 Å². The number of nitrogens with zero attached hydrogens (tertiary/aromatic N) is 2. The Balaban J connectivity index is 1.46. The molecule has 0 saturated heterocycles. The van der Waals surface area contributed by atoms with E-state index in [1.165, 1.54) is 24.3 Å². The van der Waals surface area contributed by atoms with Crippen LogP contribution in [0, 0.1) is 6.92 Å². The number of aryl methyl sites for hydroxylation is 1. The maximum absolute atomic E-state index is 12.6. The molecule has 0 amide bonds. The lowest BCUT2D eigenvalue weighted by Crippen LogP contribution is -2.27. The van der Waals surface area contributed by atoms with E-state index in [-0.39, 0.29) is 21.5 Å². The number of rotatable bonds is 8. The number of sulfonamides is 2. The Bertz CT molecular complexity index is 1480. The SMILES string of the molecule is Cc1ccc(S(=O)(=O)N[C@H](C)c2nc(-c3ccc(NS(=O)(=O)c4ccccc4)cc3)no2)cc1. The molecule has 0 aliphatic heterocycles. The zero-order valence-electron chi connectivity index (χ0n) is 18.3. The molecule has 0 radical (unpaired) electrons. The van der Waals surface area contributed by atoms with Gasteiger partial charge in [-0.05, 0) is 62.4 Å². The summed E-state index contributed by atoms with van der Waals surface area (Å²) in [5, 5.41) is 3.91. The quantitative estimate of drug-likeness (QED) is 0.377. The van der Waals surface area contributed by atoms with Gasteiger partial charge in [-0.2, -0.15) is 9.71 Å². The van der Waals surface area contributed by atoms with Crippen molar-refractivity contribution in [2.45, 2.75) is 29.7 Å². The molecule has 176 valence electrons. The lowest BCUT2D eigenvalue weighted by Gasteiger charge is -2.10. The standard InChI is InChI=1S/C23H22N4O5S2/c1-16-8-14-21(15-9-16)33(28,29)26-17(2)23-24-22(25-32-23)18-10-12-19(13-11-18)27-34(30,31)20-6-4-3-5-7-20/h3-15,17,26-27H,1-2H3/t17-/m1/s1. The minimum Gasteiger partial charge on any atom is -0.337 e. The minimum atomic E-state index is -3.77. The molecule has 11 heteroatoms. The van der Waals surface area contributed by atoms with Gasteiger partial charge in [-0.25, -0.2) is 16.8 Å². The Morgan fingerprint density at radius 3 is 2.06 bits per heavy atom. The summed E-state index contributed by atoms with van der Waals surface area (Å²) in [5.74, 6) is 0.341. The maximum Gasteiger partial charge on any atom is 0.261 e. The van der Waals surface area contributed by atoms with Gasteiger partial charge in [0.25, 0.3) is 10.0 Å². The van der Waals surface area contributed by atoms with Crippen LogP contribution in [-0.2, 0) is 20.0 Å². The molecule has 0 fully saturated rings. The predicted molar refractivity (Wildman–Crippen MR) is 127 cm³/mol. The topological polar surface area (TPSA) is 131 Å². The highest BCUT2D eigenvalue weighted by atomic mass is 32.2. The second kappa shape index (κ2) is 9.37. The number of anilines is 1. The van der Waals surface area contributed by atoms with Crippen LogP contribution in [0.15, 0.2) is 93.2 Å². The highest BCUT2D eigenvalue weighted by Crippen LogP contribution is 2.23.